The Morgan fingerprint density at radius 2 is 2.05 bits per heavy atom. The number of aryl methyl sites for hydroxylation is 1. The van der Waals surface area contributed by atoms with E-state index in [0.717, 1.165) is 5.69 Å². The first-order valence-electron chi connectivity index (χ1n) is 7.80. The van der Waals surface area contributed by atoms with Crippen LogP contribution in [0.2, 0.25) is 0 Å². The lowest BCUT2D eigenvalue weighted by Crippen LogP contribution is -2.38. The molecule has 1 saturated heterocycles. The van der Waals surface area contributed by atoms with Crippen LogP contribution in [0, 0.1) is 6.92 Å². The largest absolute Gasteiger partial charge is 0.390 e. The lowest BCUT2D eigenvalue weighted by Gasteiger charge is -2.21. The van der Waals surface area contributed by atoms with Crippen LogP contribution in [0.15, 0.2) is 18.2 Å². The maximum atomic E-state index is 12.4. The van der Waals surface area contributed by atoms with E-state index in [1.807, 2.05) is 37.2 Å². The predicted octanol–water partition coefficient (Wildman–Crippen LogP) is 2.26. The summed E-state index contributed by atoms with van der Waals surface area (Å²) >= 11 is 0. The fourth-order valence-corrected chi connectivity index (χ4v) is 2.99. The average molecular weight is 305 g/mol. The van der Waals surface area contributed by atoms with Gasteiger partial charge in [0.25, 0.3) is 0 Å². The molecule has 1 aromatic rings. The summed E-state index contributed by atoms with van der Waals surface area (Å²) in [5.41, 5.74) is 3.28. The Hall–Kier alpha value is -1.59. The van der Waals surface area contributed by atoms with E-state index < -0.39 is 6.10 Å². The molecular weight excluding hydrogens is 278 g/mol. The molecule has 2 rings (SSSR count). The van der Waals surface area contributed by atoms with Crippen molar-refractivity contribution in [3.8, 4) is 0 Å². The van der Waals surface area contributed by atoms with Gasteiger partial charge in [-0.1, -0.05) is 19.9 Å². The average Bonchev–Trinajstić information content (AvgIpc) is 2.83. The monoisotopic (exact) mass is 305 g/mol. The molecule has 0 unspecified atom stereocenters. The molecule has 0 bridgehead atoms. The van der Waals surface area contributed by atoms with E-state index in [9.17, 15) is 9.90 Å². The Bertz CT molecular complexity index is 543. The van der Waals surface area contributed by atoms with Gasteiger partial charge in [-0.05, 0) is 50.2 Å². The van der Waals surface area contributed by atoms with Crippen molar-refractivity contribution in [2.24, 2.45) is 0 Å². The van der Waals surface area contributed by atoms with Crippen molar-refractivity contribution in [2.75, 3.05) is 32.5 Å². The van der Waals surface area contributed by atoms with Gasteiger partial charge in [-0.15, -0.1) is 0 Å². The number of β-amino-alcohol motifs (C(OH)–C–C–N with tert-alkyl or cyclic N) is 1. The van der Waals surface area contributed by atoms with Gasteiger partial charge in [-0.2, -0.15) is 0 Å². The number of carbonyl (C=O) groups is 1. The minimum Gasteiger partial charge on any atom is -0.390 e. The summed E-state index contributed by atoms with van der Waals surface area (Å²) in [5, 5.41) is 13.0. The van der Waals surface area contributed by atoms with Crippen LogP contribution in [0.5, 0.6) is 0 Å². The minimum absolute atomic E-state index is 0.00464. The Balaban J connectivity index is 2.05. The number of carbonyl (C=O) groups excluding carboxylic acids is 1. The van der Waals surface area contributed by atoms with E-state index in [4.69, 9.17) is 0 Å². The van der Waals surface area contributed by atoms with E-state index in [-0.39, 0.29) is 12.1 Å². The predicted molar refractivity (Wildman–Crippen MR) is 89.3 cm³/mol. The third kappa shape index (κ3) is 3.59. The van der Waals surface area contributed by atoms with Crippen molar-refractivity contribution in [1.82, 2.24) is 9.80 Å². The Morgan fingerprint density at radius 3 is 2.59 bits per heavy atom. The highest BCUT2D eigenvalue weighted by Crippen LogP contribution is 2.23. The van der Waals surface area contributed by atoms with Crippen molar-refractivity contribution in [1.29, 1.82) is 0 Å². The van der Waals surface area contributed by atoms with Crippen molar-refractivity contribution < 1.29 is 9.90 Å². The van der Waals surface area contributed by atoms with Crippen LogP contribution in [0.3, 0.4) is 0 Å². The highest BCUT2D eigenvalue weighted by molar-refractivity contribution is 5.89. The summed E-state index contributed by atoms with van der Waals surface area (Å²) in [6.07, 6.45) is -0.495. The second kappa shape index (κ2) is 6.67. The smallest absolute Gasteiger partial charge is 0.321 e. The third-order valence-corrected chi connectivity index (χ3v) is 4.36. The van der Waals surface area contributed by atoms with Crippen molar-refractivity contribution in [2.45, 2.75) is 38.8 Å². The van der Waals surface area contributed by atoms with E-state index >= 15 is 0 Å². The standard InChI is InChI=1S/C17H27N3O2/c1-11(2)14-8-13(7-6-12(14)3)18-17(22)20-9-15(19(4)5)16(21)10-20/h6-8,11,15-16,21H,9-10H2,1-5H3,(H,18,22)/t15-,16-/m0/s1. The number of hydrogen-bond acceptors (Lipinski definition) is 3. The molecular formula is C17H27N3O2. The van der Waals surface area contributed by atoms with Gasteiger partial charge in [-0.25, -0.2) is 4.79 Å². The summed E-state index contributed by atoms with van der Waals surface area (Å²) in [6, 6.07) is 5.84. The number of likely N-dealkylation sites (tertiary alicyclic amines) is 1. The second-order valence-electron chi connectivity index (χ2n) is 6.66. The summed E-state index contributed by atoms with van der Waals surface area (Å²) in [4.78, 5) is 16.0. The molecule has 1 fully saturated rings. The lowest BCUT2D eigenvalue weighted by molar-refractivity contribution is 0.113. The number of anilines is 1. The van der Waals surface area contributed by atoms with Crippen LogP contribution in [-0.2, 0) is 0 Å². The molecule has 5 heteroatoms. The number of likely N-dealkylation sites (N-methyl/N-ethyl adjacent to an activating group) is 1. The molecule has 2 amide bonds. The number of rotatable bonds is 3. The Kier molecular flexibility index (Phi) is 5.08. The third-order valence-electron chi connectivity index (χ3n) is 4.36. The number of aliphatic hydroxyl groups excluding tert-OH is 1. The maximum Gasteiger partial charge on any atom is 0.321 e. The maximum absolute atomic E-state index is 12.4. The first kappa shape index (κ1) is 16.8. The summed E-state index contributed by atoms with van der Waals surface area (Å²) < 4.78 is 0. The number of hydrogen-bond donors (Lipinski definition) is 2. The van der Waals surface area contributed by atoms with Gasteiger partial charge in [0.1, 0.15) is 0 Å². The van der Waals surface area contributed by atoms with Gasteiger partial charge in [0.2, 0.25) is 0 Å². The molecule has 0 aromatic heterocycles. The van der Waals surface area contributed by atoms with Gasteiger partial charge in [0.15, 0.2) is 0 Å². The second-order valence-corrected chi connectivity index (χ2v) is 6.66. The van der Waals surface area contributed by atoms with Crippen LogP contribution in [0.1, 0.15) is 30.9 Å². The number of urea groups is 1. The molecule has 1 aliphatic rings. The summed E-state index contributed by atoms with van der Waals surface area (Å²) in [5.74, 6) is 0.420. The molecule has 22 heavy (non-hydrogen) atoms. The van der Waals surface area contributed by atoms with E-state index in [1.54, 1.807) is 4.90 Å². The summed E-state index contributed by atoms with van der Waals surface area (Å²) in [7, 11) is 3.84. The minimum atomic E-state index is -0.495. The molecule has 0 spiro atoms. The molecule has 0 saturated carbocycles. The van der Waals surface area contributed by atoms with Crippen molar-refractivity contribution in [3.05, 3.63) is 29.3 Å². The fraction of sp³-hybridized carbons (Fsp3) is 0.588. The van der Waals surface area contributed by atoms with Crippen LogP contribution < -0.4 is 5.32 Å². The van der Waals surface area contributed by atoms with Gasteiger partial charge < -0.3 is 20.2 Å². The topological polar surface area (TPSA) is 55.8 Å². The van der Waals surface area contributed by atoms with Gasteiger partial charge in [0, 0.05) is 12.2 Å². The van der Waals surface area contributed by atoms with Crippen LogP contribution in [0.4, 0.5) is 10.5 Å². The SMILES string of the molecule is Cc1ccc(NC(=O)N2C[C@H](O)[C@@H](N(C)C)C2)cc1C(C)C. The van der Waals surface area contributed by atoms with Gasteiger partial charge in [-0.3, -0.25) is 0 Å². The molecule has 1 aromatic carbocycles. The quantitative estimate of drug-likeness (QED) is 0.900. The molecule has 1 aliphatic heterocycles. The highest BCUT2D eigenvalue weighted by Gasteiger charge is 2.35. The van der Waals surface area contributed by atoms with Crippen LogP contribution in [-0.4, -0.2) is 60.3 Å². The molecule has 2 atom stereocenters. The zero-order valence-corrected chi connectivity index (χ0v) is 14.1. The molecule has 1 heterocycles. The van der Waals surface area contributed by atoms with Crippen LogP contribution >= 0.6 is 0 Å². The number of nitrogens with one attached hydrogen (secondary N) is 1. The van der Waals surface area contributed by atoms with E-state index in [0.29, 0.717) is 19.0 Å². The van der Waals surface area contributed by atoms with Crippen LogP contribution in [0.25, 0.3) is 0 Å². The Labute approximate surface area is 132 Å². The molecule has 122 valence electrons. The van der Waals surface area contributed by atoms with Crippen molar-refractivity contribution in [3.63, 3.8) is 0 Å². The first-order valence-corrected chi connectivity index (χ1v) is 7.80. The number of aliphatic hydroxyl groups is 1. The first-order chi connectivity index (χ1) is 10.3. The highest BCUT2D eigenvalue weighted by atomic mass is 16.3. The molecule has 5 nitrogen and oxygen atoms in total. The zero-order valence-electron chi connectivity index (χ0n) is 14.1. The van der Waals surface area contributed by atoms with Crippen molar-refractivity contribution >= 4 is 11.7 Å². The number of nitrogens with zero attached hydrogens (tertiary/aromatic N) is 2. The fourth-order valence-electron chi connectivity index (χ4n) is 2.99. The number of amides is 2. The van der Waals surface area contributed by atoms with E-state index in [2.05, 4.69) is 26.1 Å². The molecule has 0 aliphatic carbocycles. The molecule has 0 radical (unpaired) electrons. The van der Waals surface area contributed by atoms with Gasteiger partial charge >= 0.3 is 6.03 Å². The summed E-state index contributed by atoms with van der Waals surface area (Å²) in [6.45, 7) is 7.29. The molecule has 2 N–H and O–H groups in total. The van der Waals surface area contributed by atoms with Gasteiger partial charge in [0.05, 0.1) is 18.7 Å². The number of benzene rings is 1. The Morgan fingerprint density at radius 1 is 1.36 bits per heavy atom. The zero-order chi connectivity index (χ0) is 16.4. The lowest BCUT2D eigenvalue weighted by atomic mass is 9.97. The normalized spacial score (nSPS) is 21.7. The van der Waals surface area contributed by atoms with E-state index in [1.165, 1.54) is 11.1 Å².